The van der Waals surface area contributed by atoms with Crippen LogP contribution in [0.25, 0.3) is 0 Å². The van der Waals surface area contributed by atoms with Gasteiger partial charge in [-0.15, -0.1) is 0 Å². The Hall–Kier alpha value is -0.0700. The van der Waals surface area contributed by atoms with Gasteiger partial charge in [0.05, 0.1) is 0 Å². The molecule has 0 saturated heterocycles. The van der Waals surface area contributed by atoms with Gasteiger partial charge in [0.2, 0.25) is 0 Å². The second-order valence-corrected chi connectivity index (χ2v) is 3.75. The SMILES string of the molecule is CC1CCC(C)C(F)CC1. The van der Waals surface area contributed by atoms with E-state index in [0.29, 0.717) is 5.92 Å². The van der Waals surface area contributed by atoms with Crippen molar-refractivity contribution in [1.29, 1.82) is 0 Å². The molecule has 1 rings (SSSR count). The summed E-state index contributed by atoms with van der Waals surface area (Å²) in [4.78, 5) is 0. The van der Waals surface area contributed by atoms with Crippen molar-refractivity contribution in [3.63, 3.8) is 0 Å². The maximum atomic E-state index is 13.0. The van der Waals surface area contributed by atoms with Crippen LogP contribution in [0.1, 0.15) is 39.5 Å². The molecule has 10 heavy (non-hydrogen) atoms. The summed E-state index contributed by atoms with van der Waals surface area (Å²) in [5.74, 6) is 1.06. The number of rotatable bonds is 0. The van der Waals surface area contributed by atoms with E-state index >= 15 is 0 Å². The van der Waals surface area contributed by atoms with E-state index in [1.807, 2.05) is 6.92 Å². The van der Waals surface area contributed by atoms with Gasteiger partial charge in [0.15, 0.2) is 0 Å². The lowest BCUT2D eigenvalue weighted by molar-refractivity contribution is 0.229. The summed E-state index contributed by atoms with van der Waals surface area (Å²) in [5, 5.41) is 0. The molecular weight excluding hydrogens is 127 g/mol. The van der Waals surface area contributed by atoms with E-state index < -0.39 is 6.17 Å². The fourth-order valence-electron chi connectivity index (χ4n) is 1.60. The number of halogens is 1. The highest BCUT2D eigenvalue weighted by Gasteiger charge is 2.21. The highest BCUT2D eigenvalue weighted by molar-refractivity contribution is 4.72. The highest BCUT2D eigenvalue weighted by atomic mass is 19.1. The molecule has 0 aliphatic heterocycles. The molecule has 60 valence electrons. The summed E-state index contributed by atoms with van der Waals surface area (Å²) < 4.78 is 13.0. The van der Waals surface area contributed by atoms with Crippen molar-refractivity contribution in [3.05, 3.63) is 0 Å². The van der Waals surface area contributed by atoms with Gasteiger partial charge in [-0.05, 0) is 31.1 Å². The predicted molar refractivity (Wildman–Crippen MR) is 41.7 cm³/mol. The molecule has 0 amide bonds. The average molecular weight is 144 g/mol. The molecule has 1 aliphatic carbocycles. The number of alkyl halides is 1. The van der Waals surface area contributed by atoms with Crippen molar-refractivity contribution in [2.75, 3.05) is 0 Å². The van der Waals surface area contributed by atoms with Crippen LogP contribution in [0.2, 0.25) is 0 Å². The molecule has 0 heterocycles. The maximum Gasteiger partial charge on any atom is 0.103 e. The maximum absolute atomic E-state index is 13.0. The predicted octanol–water partition coefficient (Wildman–Crippen LogP) is 3.17. The summed E-state index contributed by atoms with van der Waals surface area (Å²) in [5.41, 5.74) is 0. The zero-order valence-electron chi connectivity index (χ0n) is 6.94. The normalized spacial score (nSPS) is 42.9. The molecule has 1 saturated carbocycles. The van der Waals surface area contributed by atoms with Crippen molar-refractivity contribution in [3.8, 4) is 0 Å². The van der Waals surface area contributed by atoms with Crippen LogP contribution in [0.3, 0.4) is 0 Å². The summed E-state index contributed by atoms with van der Waals surface area (Å²) >= 11 is 0. The Bertz CT molecular complexity index is 88.9. The van der Waals surface area contributed by atoms with Crippen LogP contribution in [0.15, 0.2) is 0 Å². The first-order valence-electron chi connectivity index (χ1n) is 4.34. The van der Waals surface area contributed by atoms with Crippen LogP contribution in [-0.2, 0) is 0 Å². The lowest BCUT2D eigenvalue weighted by Crippen LogP contribution is -2.09. The Kier molecular flexibility index (Phi) is 2.70. The van der Waals surface area contributed by atoms with Crippen LogP contribution in [0.4, 0.5) is 4.39 Å². The second-order valence-electron chi connectivity index (χ2n) is 3.75. The quantitative estimate of drug-likeness (QED) is 0.458. The van der Waals surface area contributed by atoms with E-state index in [9.17, 15) is 4.39 Å². The van der Waals surface area contributed by atoms with E-state index in [0.717, 1.165) is 25.2 Å². The second kappa shape index (κ2) is 3.36. The molecule has 0 N–H and O–H groups in total. The number of hydrogen-bond donors (Lipinski definition) is 0. The molecule has 0 bridgehead atoms. The third-order valence-electron chi connectivity index (χ3n) is 2.67. The van der Waals surface area contributed by atoms with Crippen LogP contribution in [-0.4, -0.2) is 6.17 Å². The topological polar surface area (TPSA) is 0 Å². The molecule has 3 unspecified atom stereocenters. The van der Waals surface area contributed by atoms with Crippen LogP contribution >= 0.6 is 0 Å². The minimum absolute atomic E-state index is 0.310. The third-order valence-corrected chi connectivity index (χ3v) is 2.67. The molecule has 0 radical (unpaired) electrons. The largest absolute Gasteiger partial charge is 0.247 e. The van der Waals surface area contributed by atoms with Crippen molar-refractivity contribution < 1.29 is 4.39 Å². The van der Waals surface area contributed by atoms with Crippen LogP contribution in [0, 0.1) is 11.8 Å². The first-order chi connectivity index (χ1) is 4.70. The van der Waals surface area contributed by atoms with Crippen molar-refractivity contribution in [2.45, 2.75) is 45.7 Å². The third kappa shape index (κ3) is 1.96. The Morgan fingerprint density at radius 3 is 2.30 bits per heavy atom. The fraction of sp³-hybridized carbons (Fsp3) is 1.00. The molecule has 0 aromatic carbocycles. The van der Waals surface area contributed by atoms with Crippen molar-refractivity contribution >= 4 is 0 Å². The zero-order chi connectivity index (χ0) is 7.56. The minimum Gasteiger partial charge on any atom is -0.247 e. The molecule has 0 aromatic heterocycles. The van der Waals surface area contributed by atoms with E-state index in [2.05, 4.69) is 6.92 Å². The monoisotopic (exact) mass is 144 g/mol. The van der Waals surface area contributed by atoms with Crippen molar-refractivity contribution in [2.24, 2.45) is 11.8 Å². The Labute approximate surface area is 62.8 Å². The van der Waals surface area contributed by atoms with Crippen LogP contribution < -0.4 is 0 Å². The Morgan fingerprint density at radius 1 is 1.00 bits per heavy atom. The minimum atomic E-state index is -0.523. The molecule has 3 atom stereocenters. The standard InChI is InChI=1S/C9H17F/c1-7-3-5-8(2)9(10)6-4-7/h7-9H,3-6H2,1-2H3. The molecule has 1 fully saturated rings. The van der Waals surface area contributed by atoms with Gasteiger partial charge >= 0.3 is 0 Å². The summed E-state index contributed by atoms with van der Waals surface area (Å²) in [6.45, 7) is 4.26. The Morgan fingerprint density at radius 2 is 1.60 bits per heavy atom. The smallest absolute Gasteiger partial charge is 0.103 e. The molecule has 1 aliphatic rings. The van der Waals surface area contributed by atoms with Gasteiger partial charge in [-0.3, -0.25) is 0 Å². The molecule has 0 aromatic rings. The summed E-state index contributed by atoms with van der Waals surface area (Å²) in [6.07, 6.45) is 3.67. The van der Waals surface area contributed by atoms with Gasteiger partial charge < -0.3 is 0 Å². The lowest BCUT2D eigenvalue weighted by atomic mass is 10.0. The van der Waals surface area contributed by atoms with E-state index in [1.165, 1.54) is 6.42 Å². The van der Waals surface area contributed by atoms with Gasteiger partial charge in [-0.2, -0.15) is 0 Å². The van der Waals surface area contributed by atoms with Crippen molar-refractivity contribution in [1.82, 2.24) is 0 Å². The van der Waals surface area contributed by atoms with Gasteiger partial charge in [0.25, 0.3) is 0 Å². The van der Waals surface area contributed by atoms with Gasteiger partial charge in [-0.1, -0.05) is 20.3 Å². The lowest BCUT2D eigenvalue weighted by Gasteiger charge is -2.10. The van der Waals surface area contributed by atoms with Gasteiger partial charge in [-0.25, -0.2) is 4.39 Å². The molecule has 0 spiro atoms. The van der Waals surface area contributed by atoms with E-state index in [1.54, 1.807) is 0 Å². The first kappa shape index (κ1) is 8.03. The molecule has 1 heteroatoms. The van der Waals surface area contributed by atoms with Crippen LogP contribution in [0.5, 0.6) is 0 Å². The van der Waals surface area contributed by atoms with E-state index in [-0.39, 0.29) is 0 Å². The molecular formula is C9H17F. The zero-order valence-corrected chi connectivity index (χ0v) is 6.94. The molecule has 0 nitrogen and oxygen atoms in total. The fourth-order valence-corrected chi connectivity index (χ4v) is 1.60. The first-order valence-corrected chi connectivity index (χ1v) is 4.34. The Balaban J connectivity index is 2.38. The van der Waals surface area contributed by atoms with E-state index in [4.69, 9.17) is 0 Å². The summed E-state index contributed by atoms with van der Waals surface area (Å²) in [6, 6.07) is 0. The van der Waals surface area contributed by atoms with Gasteiger partial charge in [0.1, 0.15) is 6.17 Å². The summed E-state index contributed by atoms with van der Waals surface area (Å²) in [7, 11) is 0. The average Bonchev–Trinajstić information content (AvgIpc) is 2.04. The van der Waals surface area contributed by atoms with Gasteiger partial charge in [0, 0.05) is 0 Å². The highest BCUT2D eigenvalue weighted by Crippen LogP contribution is 2.28. The number of hydrogen-bond acceptors (Lipinski definition) is 0.